The summed E-state index contributed by atoms with van der Waals surface area (Å²) in [6, 6.07) is 2.95. The molecule has 1 aromatic carbocycles. The fourth-order valence-electron chi connectivity index (χ4n) is 2.08. The first-order valence-corrected chi connectivity index (χ1v) is 7.53. The van der Waals surface area contributed by atoms with Crippen LogP contribution in [-0.4, -0.2) is 52.5 Å². The van der Waals surface area contributed by atoms with Gasteiger partial charge in [0, 0.05) is 14.1 Å². The first-order chi connectivity index (χ1) is 10.8. The Labute approximate surface area is 143 Å². The normalized spacial score (nSPS) is 15.3. The van der Waals surface area contributed by atoms with Gasteiger partial charge >= 0.3 is 0 Å². The van der Waals surface area contributed by atoms with Gasteiger partial charge in [-0.15, -0.1) is 0 Å². The third-order valence-corrected chi connectivity index (χ3v) is 4.14. The van der Waals surface area contributed by atoms with Crippen molar-refractivity contribution in [2.75, 3.05) is 20.7 Å². The Morgan fingerprint density at radius 2 is 1.83 bits per heavy atom. The number of ether oxygens (including phenoxy) is 1. The second-order valence-electron chi connectivity index (χ2n) is 4.85. The molecular weight excluding hydrogens is 340 g/mol. The van der Waals surface area contributed by atoms with Crippen LogP contribution in [-0.2, 0) is 9.59 Å². The average molecular weight is 355 g/mol. The van der Waals surface area contributed by atoms with E-state index in [1.165, 1.54) is 42.1 Å². The number of phenols is 1. The number of hydrogen-bond acceptors (Lipinski definition) is 5. The summed E-state index contributed by atoms with van der Waals surface area (Å²) in [5.41, 5.74) is 0.412. The molecule has 0 saturated carbocycles. The van der Waals surface area contributed by atoms with Crippen LogP contribution in [0.25, 0.3) is 6.08 Å². The maximum Gasteiger partial charge on any atom is 0.265 e. The summed E-state index contributed by atoms with van der Waals surface area (Å²) >= 11 is 11.0. The van der Waals surface area contributed by atoms with Crippen molar-refractivity contribution in [2.45, 2.75) is 6.92 Å². The number of rotatable bonds is 3. The van der Waals surface area contributed by atoms with E-state index < -0.39 is 11.8 Å². The highest BCUT2D eigenvalue weighted by atomic mass is 35.5. The Hall–Kier alpha value is -2.12. The minimum atomic E-state index is -0.500. The van der Waals surface area contributed by atoms with Gasteiger partial charge in [-0.25, -0.2) is 0 Å². The van der Waals surface area contributed by atoms with Crippen molar-refractivity contribution in [1.29, 1.82) is 0 Å². The number of likely N-dealkylation sites (N-methyl/N-ethyl adjacent to an activating group) is 2. The van der Waals surface area contributed by atoms with Gasteiger partial charge in [0.25, 0.3) is 11.8 Å². The average Bonchev–Trinajstić information content (AvgIpc) is 2.52. The summed E-state index contributed by atoms with van der Waals surface area (Å²) < 4.78 is 5.29. The third-order valence-electron chi connectivity index (χ3n) is 3.31. The molecule has 1 aromatic rings. The summed E-state index contributed by atoms with van der Waals surface area (Å²) in [5.74, 6) is -1.01. The van der Waals surface area contributed by atoms with Crippen LogP contribution in [0.2, 0.25) is 5.02 Å². The van der Waals surface area contributed by atoms with Crippen molar-refractivity contribution in [3.8, 4) is 11.5 Å². The Balaban J connectivity index is 2.50. The van der Waals surface area contributed by atoms with Gasteiger partial charge in [-0.1, -0.05) is 11.6 Å². The van der Waals surface area contributed by atoms with Gasteiger partial charge < -0.3 is 9.84 Å². The van der Waals surface area contributed by atoms with Crippen molar-refractivity contribution in [1.82, 2.24) is 9.80 Å². The Bertz CT molecular complexity index is 706. The van der Waals surface area contributed by atoms with E-state index in [2.05, 4.69) is 0 Å². The van der Waals surface area contributed by atoms with Gasteiger partial charge in [0.15, 0.2) is 16.6 Å². The number of thiocarbonyl (C=S) groups is 1. The largest absolute Gasteiger partial charge is 0.503 e. The zero-order valence-corrected chi connectivity index (χ0v) is 14.4. The first kappa shape index (κ1) is 17.2. The van der Waals surface area contributed by atoms with Crippen LogP contribution in [0.1, 0.15) is 12.5 Å². The number of hydrogen-bond donors (Lipinski definition) is 1. The Morgan fingerprint density at radius 1 is 1.26 bits per heavy atom. The highest BCUT2D eigenvalue weighted by molar-refractivity contribution is 7.80. The van der Waals surface area contributed by atoms with Crippen molar-refractivity contribution >= 4 is 46.8 Å². The molecule has 1 aliphatic rings. The molecule has 122 valence electrons. The van der Waals surface area contributed by atoms with Gasteiger partial charge in [0.1, 0.15) is 5.57 Å². The van der Waals surface area contributed by atoms with Gasteiger partial charge in [0.05, 0.1) is 11.6 Å². The predicted octanol–water partition coefficient (Wildman–Crippen LogP) is 2.04. The highest BCUT2D eigenvalue weighted by Gasteiger charge is 2.35. The molecule has 1 N–H and O–H groups in total. The lowest BCUT2D eigenvalue weighted by molar-refractivity contribution is -0.132. The molecule has 0 atom stereocenters. The first-order valence-electron chi connectivity index (χ1n) is 6.75. The van der Waals surface area contributed by atoms with Crippen LogP contribution in [0.4, 0.5) is 0 Å². The number of benzene rings is 1. The molecule has 1 aliphatic heterocycles. The minimum absolute atomic E-state index is 0.0483. The number of nitrogens with zero attached hydrogens (tertiary/aromatic N) is 2. The second-order valence-corrected chi connectivity index (χ2v) is 5.62. The van der Waals surface area contributed by atoms with Crippen molar-refractivity contribution in [2.24, 2.45) is 0 Å². The molecule has 2 amide bonds. The molecule has 8 heteroatoms. The van der Waals surface area contributed by atoms with E-state index in [0.717, 1.165) is 0 Å². The van der Waals surface area contributed by atoms with Crippen LogP contribution in [0.5, 0.6) is 11.5 Å². The summed E-state index contributed by atoms with van der Waals surface area (Å²) in [4.78, 5) is 27.0. The molecular formula is C15H15ClN2O4S. The number of carbonyl (C=O) groups excluding carboxylic acids is 2. The molecule has 23 heavy (non-hydrogen) atoms. The maximum absolute atomic E-state index is 12.3. The fourth-order valence-corrected chi connectivity index (χ4v) is 2.47. The molecule has 1 heterocycles. The number of aromatic hydroxyl groups is 1. The van der Waals surface area contributed by atoms with Gasteiger partial charge in [0.2, 0.25) is 0 Å². The maximum atomic E-state index is 12.3. The lowest BCUT2D eigenvalue weighted by atomic mass is 10.1. The van der Waals surface area contributed by atoms with E-state index >= 15 is 0 Å². The molecule has 0 aliphatic carbocycles. The summed E-state index contributed by atoms with van der Waals surface area (Å²) in [7, 11) is 2.99. The van der Waals surface area contributed by atoms with Crippen molar-refractivity contribution < 1.29 is 19.4 Å². The van der Waals surface area contributed by atoms with E-state index in [-0.39, 0.29) is 27.2 Å². The smallest absolute Gasteiger partial charge is 0.265 e. The summed E-state index contributed by atoms with van der Waals surface area (Å²) in [5, 5.41) is 10.0. The molecule has 0 unspecified atom stereocenters. The van der Waals surface area contributed by atoms with E-state index in [9.17, 15) is 14.7 Å². The monoisotopic (exact) mass is 354 g/mol. The number of phenolic OH excluding ortho intramolecular Hbond substituents is 1. The van der Waals surface area contributed by atoms with E-state index in [4.69, 9.17) is 28.6 Å². The topological polar surface area (TPSA) is 70.1 Å². The molecule has 0 aromatic heterocycles. The van der Waals surface area contributed by atoms with E-state index in [0.29, 0.717) is 12.2 Å². The van der Waals surface area contributed by atoms with Crippen LogP contribution in [0, 0.1) is 0 Å². The minimum Gasteiger partial charge on any atom is -0.503 e. The highest BCUT2D eigenvalue weighted by Crippen LogP contribution is 2.36. The Kier molecular flexibility index (Phi) is 4.91. The van der Waals surface area contributed by atoms with Crippen molar-refractivity contribution in [3.05, 3.63) is 28.3 Å². The van der Waals surface area contributed by atoms with Crippen molar-refractivity contribution in [3.63, 3.8) is 0 Å². The SMILES string of the molecule is CCOc1cc(C=C2C(=O)N(C)C(=S)N(C)C2=O)cc(Cl)c1O. The molecule has 2 rings (SSSR count). The Morgan fingerprint density at radius 3 is 2.35 bits per heavy atom. The lowest BCUT2D eigenvalue weighted by Gasteiger charge is -2.31. The van der Waals surface area contributed by atoms with E-state index in [1.54, 1.807) is 6.92 Å². The molecule has 1 saturated heterocycles. The molecule has 0 spiro atoms. The zero-order valence-electron chi connectivity index (χ0n) is 12.8. The number of halogens is 1. The third kappa shape index (κ3) is 3.16. The zero-order chi connectivity index (χ0) is 17.3. The predicted molar refractivity (Wildman–Crippen MR) is 90.4 cm³/mol. The lowest BCUT2D eigenvalue weighted by Crippen LogP contribution is -2.52. The molecule has 0 bridgehead atoms. The van der Waals surface area contributed by atoms with E-state index in [1.807, 2.05) is 0 Å². The van der Waals surface area contributed by atoms with Gasteiger partial charge in [-0.3, -0.25) is 19.4 Å². The van der Waals surface area contributed by atoms with Crippen LogP contribution in [0.15, 0.2) is 17.7 Å². The quantitative estimate of drug-likeness (QED) is 0.511. The van der Waals surface area contributed by atoms with Gasteiger partial charge in [-0.2, -0.15) is 0 Å². The summed E-state index contributed by atoms with van der Waals surface area (Å²) in [6.07, 6.45) is 1.40. The summed E-state index contributed by atoms with van der Waals surface area (Å²) in [6.45, 7) is 2.10. The number of carbonyl (C=O) groups is 2. The standard InChI is InChI=1S/C15H15ClN2O4S/c1-4-22-11-7-8(6-10(16)12(11)19)5-9-13(20)17(2)15(23)18(3)14(9)21/h5-7,19H,4H2,1-3H3. The van der Waals surface area contributed by atoms with Crippen LogP contribution < -0.4 is 4.74 Å². The molecule has 6 nitrogen and oxygen atoms in total. The van der Waals surface area contributed by atoms with Crippen LogP contribution >= 0.6 is 23.8 Å². The molecule has 0 radical (unpaired) electrons. The second kappa shape index (κ2) is 6.55. The fraction of sp³-hybridized carbons (Fsp3) is 0.267. The number of amides is 2. The van der Waals surface area contributed by atoms with Gasteiger partial charge in [-0.05, 0) is 42.9 Å². The molecule has 1 fully saturated rings. The van der Waals surface area contributed by atoms with Crippen LogP contribution in [0.3, 0.4) is 0 Å².